The van der Waals surface area contributed by atoms with Gasteiger partial charge in [-0.3, -0.25) is 4.98 Å². The molecule has 0 aliphatic heterocycles. The summed E-state index contributed by atoms with van der Waals surface area (Å²) in [7, 11) is 1.92. The lowest BCUT2D eigenvalue weighted by Gasteiger charge is -2.21. The highest BCUT2D eigenvalue weighted by Gasteiger charge is 2.15. The number of carboxylic acid groups (broad SMARTS) is 1. The Balaban J connectivity index is 1.95. The van der Waals surface area contributed by atoms with Crippen LogP contribution in [0.3, 0.4) is 0 Å². The van der Waals surface area contributed by atoms with Crippen molar-refractivity contribution >= 4 is 28.7 Å². The molecule has 0 bridgehead atoms. The molecule has 0 saturated heterocycles. The third kappa shape index (κ3) is 5.34. The van der Waals surface area contributed by atoms with Crippen LogP contribution in [0, 0.1) is 0 Å². The van der Waals surface area contributed by atoms with Crippen molar-refractivity contribution in [1.82, 2.24) is 10.3 Å². The summed E-state index contributed by atoms with van der Waals surface area (Å²) in [5.41, 5.74) is 1.26. The molecule has 7 nitrogen and oxygen atoms in total. The number of carboxylic acids is 1. The molecule has 0 aliphatic carbocycles. The lowest BCUT2D eigenvalue weighted by atomic mass is 10.1. The van der Waals surface area contributed by atoms with Crippen LogP contribution in [0.15, 0.2) is 30.5 Å². The molecule has 0 radical (unpaired) electrons. The van der Waals surface area contributed by atoms with Gasteiger partial charge < -0.3 is 20.1 Å². The number of aromatic carboxylic acids is 1. The van der Waals surface area contributed by atoms with Gasteiger partial charge in [0.15, 0.2) is 0 Å². The highest BCUT2D eigenvalue weighted by molar-refractivity contribution is 6.03. The third-order valence-corrected chi connectivity index (χ3v) is 3.73. The van der Waals surface area contributed by atoms with E-state index in [-0.39, 0.29) is 5.56 Å². The minimum Gasteiger partial charge on any atom is -0.478 e. The molecule has 7 heteroatoms. The molecule has 0 aliphatic rings. The smallest absolute Gasteiger partial charge is 0.407 e. The van der Waals surface area contributed by atoms with Crippen LogP contribution in [-0.4, -0.2) is 47.9 Å². The van der Waals surface area contributed by atoms with Crippen LogP contribution < -0.4 is 10.2 Å². The maximum Gasteiger partial charge on any atom is 0.407 e. The number of hydrogen-bond donors (Lipinski definition) is 2. The number of anilines is 1. The van der Waals surface area contributed by atoms with Crippen LogP contribution in [0.2, 0.25) is 0 Å². The maximum absolute atomic E-state index is 11.6. The van der Waals surface area contributed by atoms with Gasteiger partial charge in [-0.1, -0.05) is 0 Å². The second kappa shape index (κ2) is 8.03. The van der Waals surface area contributed by atoms with Crippen molar-refractivity contribution in [2.24, 2.45) is 0 Å². The van der Waals surface area contributed by atoms with Gasteiger partial charge in [-0.2, -0.15) is 0 Å². The highest BCUT2D eigenvalue weighted by Crippen LogP contribution is 2.23. The second-order valence-electron chi connectivity index (χ2n) is 7.07. The average molecular weight is 359 g/mol. The Labute approximate surface area is 153 Å². The number of nitrogens with one attached hydrogen (secondary N) is 1. The first-order chi connectivity index (χ1) is 12.2. The van der Waals surface area contributed by atoms with Crippen LogP contribution in [-0.2, 0) is 4.74 Å². The van der Waals surface area contributed by atoms with E-state index in [1.165, 1.54) is 12.3 Å². The summed E-state index contributed by atoms with van der Waals surface area (Å²) in [5, 5.41) is 12.7. The summed E-state index contributed by atoms with van der Waals surface area (Å²) in [6.07, 6.45) is 1.80. The summed E-state index contributed by atoms with van der Waals surface area (Å²) >= 11 is 0. The van der Waals surface area contributed by atoms with E-state index in [0.717, 1.165) is 12.1 Å². The van der Waals surface area contributed by atoms with Crippen LogP contribution in [0.5, 0.6) is 0 Å². The van der Waals surface area contributed by atoms with Crippen molar-refractivity contribution < 1.29 is 19.4 Å². The van der Waals surface area contributed by atoms with E-state index >= 15 is 0 Å². The first kappa shape index (κ1) is 19.5. The quantitative estimate of drug-likeness (QED) is 0.769. The maximum atomic E-state index is 11.6. The van der Waals surface area contributed by atoms with Crippen molar-refractivity contribution in [3.05, 3.63) is 36.0 Å². The van der Waals surface area contributed by atoms with E-state index in [1.807, 2.05) is 50.9 Å². The van der Waals surface area contributed by atoms with Gasteiger partial charge in [0.25, 0.3) is 0 Å². The molecular formula is C19H25N3O4. The van der Waals surface area contributed by atoms with E-state index in [0.29, 0.717) is 24.0 Å². The van der Waals surface area contributed by atoms with Gasteiger partial charge in [-0.05, 0) is 51.5 Å². The summed E-state index contributed by atoms with van der Waals surface area (Å²) in [6, 6.07) is 7.04. The van der Waals surface area contributed by atoms with Crippen LogP contribution in [0.1, 0.15) is 37.6 Å². The number of nitrogens with zero attached hydrogens (tertiary/aromatic N) is 2. The van der Waals surface area contributed by atoms with E-state index in [1.54, 1.807) is 0 Å². The highest BCUT2D eigenvalue weighted by atomic mass is 16.6. The topological polar surface area (TPSA) is 91.8 Å². The van der Waals surface area contributed by atoms with Gasteiger partial charge in [0.1, 0.15) is 5.60 Å². The zero-order chi connectivity index (χ0) is 19.3. The van der Waals surface area contributed by atoms with E-state index in [4.69, 9.17) is 4.74 Å². The third-order valence-electron chi connectivity index (χ3n) is 3.73. The number of alkyl carbamates (subject to hydrolysis) is 1. The van der Waals surface area contributed by atoms with Gasteiger partial charge in [-0.15, -0.1) is 0 Å². The van der Waals surface area contributed by atoms with Crippen molar-refractivity contribution in [3.63, 3.8) is 0 Å². The summed E-state index contributed by atoms with van der Waals surface area (Å²) < 4.78 is 5.19. The van der Waals surface area contributed by atoms with Crippen molar-refractivity contribution in [2.75, 3.05) is 25.0 Å². The Morgan fingerprint density at radius 2 is 2.00 bits per heavy atom. The van der Waals surface area contributed by atoms with Gasteiger partial charge in [0.2, 0.25) is 0 Å². The molecule has 0 fully saturated rings. The Hall–Kier alpha value is -2.83. The van der Waals surface area contributed by atoms with Gasteiger partial charge in [0.05, 0.1) is 11.1 Å². The molecule has 1 amide bonds. The number of carbonyl (C=O) groups is 2. The molecular weight excluding hydrogens is 334 g/mol. The van der Waals surface area contributed by atoms with Gasteiger partial charge in [-0.25, -0.2) is 9.59 Å². The number of amides is 1. The summed E-state index contributed by atoms with van der Waals surface area (Å²) in [6.45, 7) is 6.65. The molecule has 2 N–H and O–H groups in total. The molecule has 1 heterocycles. The molecule has 0 saturated carbocycles. The number of fused-ring (bicyclic) bond motifs is 1. The Morgan fingerprint density at radius 3 is 2.65 bits per heavy atom. The van der Waals surface area contributed by atoms with Crippen LogP contribution in [0.4, 0.5) is 10.5 Å². The van der Waals surface area contributed by atoms with Crippen LogP contribution >= 0.6 is 0 Å². The fourth-order valence-electron chi connectivity index (χ4n) is 2.51. The molecule has 2 rings (SSSR count). The SMILES string of the molecule is CN(CCCNC(=O)OC(C)(C)C)c1ccc2nccc(C(=O)O)c2c1. The molecule has 0 unspecified atom stereocenters. The van der Waals surface area contributed by atoms with Crippen LogP contribution in [0.25, 0.3) is 10.9 Å². The van der Waals surface area contributed by atoms with E-state index in [2.05, 4.69) is 10.3 Å². The average Bonchev–Trinajstić information content (AvgIpc) is 2.55. The number of aromatic nitrogens is 1. The molecule has 2 aromatic rings. The number of hydrogen-bond acceptors (Lipinski definition) is 5. The number of carbonyl (C=O) groups excluding carboxylic acids is 1. The fourth-order valence-corrected chi connectivity index (χ4v) is 2.51. The zero-order valence-corrected chi connectivity index (χ0v) is 15.6. The lowest BCUT2D eigenvalue weighted by Crippen LogP contribution is -2.34. The van der Waals surface area contributed by atoms with Gasteiger partial charge in [0, 0.05) is 37.4 Å². The Morgan fingerprint density at radius 1 is 1.27 bits per heavy atom. The van der Waals surface area contributed by atoms with Crippen molar-refractivity contribution in [3.8, 4) is 0 Å². The standard InChI is InChI=1S/C19H25N3O4/c1-19(2,3)26-18(25)21-9-5-11-22(4)13-6-7-16-15(12-13)14(17(23)24)8-10-20-16/h6-8,10,12H,5,9,11H2,1-4H3,(H,21,25)(H,23,24). The van der Waals surface area contributed by atoms with Crippen molar-refractivity contribution in [1.29, 1.82) is 0 Å². The van der Waals surface area contributed by atoms with Crippen molar-refractivity contribution in [2.45, 2.75) is 32.8 Å². The Bertz CT molecular complexity index is 799. The predicted octanol–water partition coefficient (Wildman–Crippen LogP) is 3.28. The molecule has 0 spiro atoms. The first-order valence-corrected chi connectivity index (χ1v) is 8.47. The number of rotatable bonds is 6. The number of benzene rings is 1. The normalized spacial score (nSPS) is 11.2. The minimum absolute atomic E-state index is 0.233. The molecule has 140 valence electrons. The number of ether oxygens (including phenoxy) is 1. The monoisotopic (exact) mass is 359 g/mol. The molecule has 26 heavy (non-hydrogen) atoms. The second-order valence-corrected chi connectivity index (χ2v) is 7.07. The van der Waals surface area contributed by atoms with E-state index in [9.17, 15) is 14.7 Å². The fraction of sp³-hybridized carbons (Fsp3) is 0.421. The summed E-state index contributed by atoms with van der Waals surface area (Å²) in [4.78, 5) is 29.2. The minimum atomic E-state index is -0.973. The zero-order valence-electron chi connectivity index (χ0n) is 15.6. The molecule has 1 aromatic heterocycles. The molecule has 0 atom stereocenters. The first-order valence-electron chi connectivity index (χ1n) is 8.47. The predicted molar refractivity (Wildman–Crippen MR) is 101 cm³/mol. The largest absolute Gasteiger partial charge is 0.478 e. The van der Waals surface area contributed by atoms with E-state index < -0.39 is 17.7 Å². The number of pyridine rings is 1. The molecule has 1 aromatic carbocycles. The lowest BCUT2D eigenvalue weighted by molar-refractivity contribution is 0.0527. The Kier molecular flexibility index (Phi) is 6.02. The van der Waals surface area contributed by atoms with Gasteiger partial charge >= 0.3 is 12.1 Å². The summed E-state index contributed by atoms with van der Waals surface area (Å²) in [5.74, 6) is -0.973.